The molecule has 0 bridgehead atoms. The first-order valence-electron chi connectivity index (χ1n) is 9.65. The van der Waals surface area contributed by atoms with Gasteiger partial charge in [0.1, 0.15) is 0 Å². The monoisotopic (exact) mass is 523 g/mol. The average Bonchev–Trinajstić information content (AvgIpc) is 2.65. The van der Waals surface area contributed by atoms with Crippen LogP contribution in [0.2, 0.25) is 0 Å². The Bertz CT molecular complexity index is 715. The maximum atomic E-state index is 12.1. The SMILES string of the molecule is O=C(O)CN(CC(=O)O)C1CCC(NC(=O)CC(=O)CBr)CC1N(CC(=O)O)CC(=O)O. The standard InChI is InChI=1S/C18H26BrN3O10/c19-5-11(23)4-14(24)20-10-1-2-12(21(6-15(25)26)7-16(27)28)13(3-10)22(8-17(29)30)9-18(31)32/h10,12-13H,1-9H2,(H,20,24)(H,25,26)(H,27,28)(H,29,30)(H,31,32). The van der Waals surface area contributed by atoms with Crippen LogP contribution >= 0.6 is 15.9 Å². The molecular weight excluding hydrogens is 498 g/mol. The van der Waals surface area contributed by atoms with E-state index >= 15 is 0 Å². The van der Waals surface area contributed by atoms with Gasteiger partial charge in [-0.05, 0) is 19.3 Å². The molecule has 1 saturated carbocycles. The van der Waals surface area contributed by atoms with Gasteiger partial charge in [0.15, 0.2) is 5.78 Å². The summed E-state index contributed by atoms with van der Waals surface area (Å²) in [4.78, 5) is 71.0. The average molecular weight is 524 g/mol. The number of carbonyl (C=O) groups is 6. The smallest absolute Gasteiger partial charge is 0.317 e. The second kappa shape index (κ2) is 13.1. The van der Waals surface area contributed by atoms with Crippen LogP contribution in [0, 0.1) is 0 Å². The van der Waals surface area contributed by atoms with Gasteiger partial charge in [-0.3, -0.25) is 38.6 Å². The number of alkyl halides is 1. The number of ketones is 1. The summed E-state index contributed by atoms with van der Waals surface area (Å²) in [5.41, 5.74) is 0. The van der Waals surface area contributed by atoms with E-state index in [2.05, 4.69) is 21.2 Å². The van der Waals surface area contributed by atoms with Gasteiger partial charge in [-0.25, -0.2) is 0 Å². The fourth-order valence-corrected chi connectivity index (χ4v) is 4.06. The molecule has 32 heavy (non-hydrogen) atoms. The Labute approximate surface area is 191 Å². The number of rotatable bonds is 14. The van der Waals surface area contributed by atoms with Crippen molar-refractivity contribution >= 4 is 51.5 Å². The second-order valence-corrected chi connectivity index (χ2v) is 8.01. The van der Waals surface area contributed by atoms with Crippen molar-refractivity contribution in [3.05, 3.63) is 0 Å². The highest BCUT2D eigenvalue weighted by atomic mass is 79.9. The van der Waals surface area contributed by atoms with Gasteiger partial charge in [-0.15, -0.1) is 0 Å². The highest BCUT2D eigenvalue weighted by Gasteiger charge is 2.40. The van der Waals surface area contributed by atoms with Crippen LogP contribution in [-0.4, -0.2) is 115 Å². The van der Waals surface area contributed by atoms with Gasteiger partial charge in [0, 0.05) is 18.1 Å². The summed E-state index contributed by atoms with van der Waals surface area (Å²) in [7, 11) is 0. The fraction of sp³-hybridized carbons (Fsp3) is 0.667. The second-order valence-electron chi connectivity index (χ2n) is 7.45. The van der Waals surface area contributed by atoms with Crippen LogP contribution < -0.4 is 5.32 Å². The Morgan fingerprint density at radius 3 is 1.59 bits per heavy atom. The number of hydrogen-bond acceptors (Lipinski definition) is 8. The Kier molecular flexibility index (Phi) is 11.2. The number of carbonyl (C=O) groups excluding carboxylic acids is 2. The van der Waals surface area contributed by atoms with Crippen LogP contribution in [0.1, 0.15) is 25.7 Å². The largest absolute Gasteiger partial charge is 0.480 e. The maximum absolute atomic E-state index is 12.1. The molecule has 0 spiro atoms. The summed E-state index contributed by atoms with van der Waals surface area (Å²) >= 11 is 2.96. The van der Waals surface area contributed by atoms with Crippen molar-refractivity contribution < 1.29 is 49.2 Å². The minimum Gasteiger partial charge on any atom is -0.480 e. The zero-order valence-corrected chi connectivity index (χ0v) is 18.7. The number of halogens is 1. The van der Waals surface area contributed by atoms with Crippen molar-refractivity contribution in [1.82, 2.24) is 15.1 Å². The topological polar surface area (TPSA) is 202 Å². The molecule has 13 nitrogen and oxygen atoms in total. The van der Waals surface area contributed by atoms with Gasteiger partial charge >= 0.3 is 23.9 Å². The molecule has 0 aliphatic heterocycles. The molecule has 0 heterocycles. The Hall–Kier alpha value is -2.58. The summed E-state index contributed by atoms with van der Waals surface area (Å²) in [6.07, 6.45) is 0.167. The van der Waals surface area contributed by atoms with Crippen LogP contribution in [0.15, 0.2) is 0 Å². The number of nitrogens with one attached hydrogen (secondary N) is 1. The molecular formula is C18H26BrN3O10. The highest BCUT2D eigenvalue weighted by molar-refractivity contribution is 9.09. The number of carboxylic acid groups (broad SMARTS) is 4. The summed E-state index contributed by atoms with van der Waals surface area (Å²) < 4.78 is 0. The lowest BCUT2D eigenvalue weighted by molar-refractivity contribution is -0.149. The quantitative estimate of drug-likeness (QED) is 0.133. The van der Waals surface area contributed by atoms with Gasteiger partial charge in [-0.1, -0.05) is 15.9 Å². The third-order valence-corrected chi connectivity index (χ3v) is 5.57. The summed E-state index contributed by atoms with van der Waals surface area (Å²) in [6, 6.07) is -2.18. The Balaban J connectivity index is 3.18. The van der Waals surface area contributed by atoms with Gasteiger partial charge in [0.05, 0.1) is 37.9 Å². The van der Waals surface area contributed by atoms with Crippen LogP contribution in [-0.2, 0) is 28.8 Å². The zero-order valence-electron chi connectivity index (χ0n) is 17.1. The van der Waals surface area contributed by atoms with Gasteiger partial charge in [0.2, 0.25) is 5.91 Å². The molecule has 0 aromatic rings. The molecule has 1 amide bonds. The van der Waals surface area contributed by atoms with Crippen molar-refractivity contribution in [2.75, 3.05) is 31.5 Å². The maximum Gasteiger partial charge on any atom is 0.317 e. The molecule has 0 aromatic heterocycles. The number of aliphatic carboxylic acids is 4. The van der Waals surface area contributed by atoms with E-state index in [0.717, 1.165) is 9.80 Å². The lowest BCUT2D eigenvalue weighted by atomic mass is 9.84. The lowest BCUT2D eigenvalue weighted by Gasteiger charge is -2.45. The van der Waals surface area contributed by atoms with Gasteiger partial charge < -0.3 is 25.7 Å². The molecule has 3 atom stereocenters. The summed E-state index contributed by atoms with van der Waals surface area (Å²) in [5.74, 6) is -6.12. The molecule has 1 aliphatic carbocycles. The van der Waals surface area contributed by atoms with Crippen molar-refractivity contribution in [3.63, 3.8) is 0 Å². The van der Waals surface area contributed by atoms with E-state index in [4.69, 9.17) is 0 Å². The zero-order chi connectivity index (χ0) is 24.4. The van der Waals surface area contributed by atoms with Crippen LogP contribution in [0.5, 0.6) is 0 Å². The van der Waals surface area contributed by atoms with E-state index in [1.807, 2.05) is 0 Å². The van der Waals surface area contributed by atoms with Crippen molar-refractivity contribution in [1.29, 1.82) is 0 Å². The predicted octanol–water partition coefficient (Wildman–Crippen LogP) is -1.31. The van der Waals surface area contributed by atoms with Crippen molar-refractivity contribution in [2.45, 2.75) is 43.8 Å². The van der Waals surface area contributed by atoms with E-state index in [9.17, 15) is 49.2 Å². The fourth-order valence-electron chi connectivity index (χ4n) is 3.86. The van der Waals surface area contributed by atoms with E-state index in [-0.39, 0.29) is 30.4 Å². The molecule has 0 radical (unpaired) electrons. The highest BCUT2D eigenvalue weighted by Crippen LogP contribution is 2.28. The van der Waals surface area contributed by atoms with E-state index in [0.29, 0.717) is 6.42 Å². The first-order chi connectivity index (χ1) is 14.9. The first kappa shape index (κ1) is 27.5. The first-order valence-corrected chi connectivity index (χ1v) is 10.8. The lowest BCUT2D eigenvalue weighted by Crippen LogP contribution is -2.60. The molecule has 14 heteroatoms. The van der Waals surface area contributed by atoms with E-state index in [1.165, 1.54) is 0 Å². The summed E-state index contributed by atoms with van der Waals surface area (Å²) in [6.45, 7) is -2.63. The normalized spacial score (nSPS) is 20.7. The van der Waals surface area contributed by atoms with Crippen LogP contribution in [0.3, 0.4) is 0 Å². The Morgan fingerprint density at radius 1 is 0.750 bits per heavy atom. The third kappa shape index (κ3) is 9.70. The minimum absolute atomic E-state index is 0.000122. The third-order valence-electron chi connectivity index (χ3n) is 4.94. The van der Waals surface area contributed by atoms with Crippen LogP contribution in [0.25, 0.3) is 0 Å². The molecule has 3 unspecified atom stereocenters. The molecule has 0 aromatic carbocycles. The molecule has 180 valence electrons. The molecule has 1 fully saturated rings. The minimum atomic E-state index is -1.32. The van der Waals surface area contributed by atoms with Gasteiger partial charge in [-0.2, -0.15) is 0 Å². The van der Waals surface area contributed by atoms with E-state index in [1.54, 1.807) is 0 Å². The number of Topliss-reactive ketones (excluding diaryl/α,β-unsaturated/α-hetero) is 1. The number of carboxylic acids is 4. The molecule has 1 aliphatic rings. The number of nitrogens with zero attached hydrogens (tertiary/aromatic N) is 2. The van der Waals surface area contributed by atoms with Crippen LogP contribution in [0.4, 0.5) is 0 Å². The van der Waals surface area contributed by atoms with Gasteiger partial charge in [0.25, 0.3) is 0 Å². The molecule has 0 saturated heterocycles. The van der Waals surface area contributed by atoms with Crippen molar-refractivity contribution in [3.8, 4) is 0 Å². The number of hydrogen-bond donors (Lipinski definition) is 5. The molecule has 5 N–H and O–H groups in total. The number of amides is 1. The molecule has 1 rings (SSSR count). The summed E-state index contributed by atoms with van der Waals surface area (Å²) in [5, 5.41) is 39.5. The van der Waals surface area contributed by atoms with E-state index < -0.39 is 74.1 Å². The van der Waals surface area contributed by atoms with Crippen molar-refractivity contribution in [2.24, 2.45) is 0 Å². The predicted molar refractivity (Wildman–Crippen MR) is 110 cm³/mol. The Morgan fingerprint density at radius 2 is 1.19 bits per heavy atom.